The molecule has 4 nitrogen and oxygen atoms in total. The van der Waals surface area contributed by atoms with Crippen molar-refractivity contribution in [3.05, 3.63) is 22.8 Å². The van der Waals surface area contributed by atoms with Crippen LogP contribution < -0.4 is 10.6 Å². The predicted octanol–water partition coefficient (Wildman–Crippen LogP) is 1.92. The average Bonchev–Trinajstić information content (AvgIpc) is 2.94. The molecule has 2 saturated heterocycles. The first-order valence-corrected chi connectivity index (χ1v) is 6.71. The summed E-state index contributed by atoms with van der Waals surface area (Å²) < 4.78 is 0.824. The summed E-state index contributed by atoms with van der Waals surface area (Å²) in [6.07, 6.45) is 4.97. The van der Waals surface area contributed by atoms with E-state index < -0.39 is 0 Å². The molecule has 17 heavy (non-hydrogen) atoms. The highest BCUT2D eigenvalue weighted by molar-refractivity contribution is 9.10. The minimum atomic E-state index is 0.0871. The second-order valence-corrected chi connectivity index (χ2v) is 5.57. The van der Waals surface area contributed by atoms with Crippen molar-refractivity contribution in [2.75, 3.05) is 5.32 Å². The number of aromatic nitrogens is 1. The van der Waals surface area contributed by atoms with Crippen LogP contribution in [0.15, 0.2) is 22.8 Å². The van der Waals surface area contributed by atoms with Crippen molar-refractivity contribution < 1.29 is 4.79 Å². The van der Waals surface area contributed by atoms with Crippen LogP contribution in [0.4, 0.5) is 5.82 Å². The largest absolute Gasteiger partial charge is 0.310 e. The lowest BCUT2D eigenvalue weighted by Crippen LogP contribution is -2.33. The molecule has 2 fully saturated rings. The third-order valence-electron chi connectivity index (χ3n) is 3.64. The Morgan fingerprint density at radius 3 is 3.06 bits per heavy atom. The standard InChI is InChI=1S/C12H14BrN3O/c13-9-2-1-5-14-11(9)16-12(17)8-6-7-3-4-10(8)15-7/h1-2,5,7-8,10,15H,3-4,6H2,(H,14,16,17). The molecule has 3 unspecified atom stereocenters. The van der Waals surface area contributed by atoms with Gasteiger partial charge in [-0.25, -0.2) is 4.98 Å². The maximum absolute atomic E-state index is 12.1. The zero-order valence-corrected chi connectivity index (χ0v) is 10.9. The zero-order chi connectivity index (χ0) is 11.8. The lowest BCUT2D eigenvalue weighted by molar-refractivity contribution is -0.120. The molecule has 1 aromatic heterocycles. The summed E-state index contributed by atoms with van der Waals surface area (Å²) in [6.45, 7) is 0. The van der Waals surface area contributed by atoms with Crippen molar-refractivity contribution in [1.29, 1.82) is 0 Å². The Kier molecular flexibility index (Phi) is 2.88. The fourth-order valence-electron chi connectivity index (χ4n) is 2.80. The van der Waals surface area contributed by atoms with Crippen molar-refractivity contribution in [3.63, 3.8) is 0 Å². The van der Waals surface area contributed by atoms with E-state index in [1.807, 2.05) is 12.1 Å². The van der Waals surface area contributed by atoms with Gasteiger partial charge < -0.3 is 10.6 Å². The number of nitrogens with zero attached hydrogens (tertiary/aromatic N) is 1. The second kappa shape index (κ2) is 4.38. The Bertz CT molecular complexity index is 451. The maximum atomic E-state index is 12.1. The van der Waals surface area contributed by atoms with Crippen LogP contribution >= 0.6 is 15.9 Å². The summed E-state index contributed by atoms with van der Waals surface area (Å²) in [5.74, 6) is 0.798. The third kappa shape index (κ3) is 2.09. The minimum Gasteiger partial charge on any atom is -0.310 e. The number of rotatable bonds is 2. The van der Waals surface area contributed by atoms with Crippen LogP contribution in [0, 0.1) is 5.92 Å². The van der Waals surface area contributed by atoms with Gasteiger partial charge in [0.25, 0.3) is 0 Å². The van der Waals surface area contributed by atoms with E-state index in [4.69, 9.17) is 0 Å². The number of pyridine rings is 1. The Hall–Kier alpha value is -0.940. The summed E-state index contributed by atoms with van der Waals surface area (Å²) in [5, 5.41) is 6.37. The van der Waals surface area contributed by atoms with Crippen LogP contribution in [0.25, 0.3) is 0 Å². The molecular formula is C12H14BrN3O. The smallest absolute Gasteiger partial charge is 0.230 e. The molecule has 0 aromatic carbocycles. The molecule has 0 radical (unpaired) electrons. The highest BCUT2D eigenvalue weighted by Gasteiger charge is 2.42. The first-order chi connectivity index (χ1) is 8.24. The molecule has 2 N–H and O–H groups in total. The number of hydrogen-bond donors (Lipinski definition) is 2. The van der Waals surface area contributed by atoms with Gasteiger partial charge in [-0.15, -0.1) is 0 Å². The first kappa shape index (κ1) is 11.2. The first-order valence-electron chi connectivity index (χ1n) is 5.91. The average molecular weight is 296 g/mol. The van der Waals surface area contributed by atoms with Gasteiger partial charge in [0.05, 0.1) is 10.4 Å². The topological polar surface area (TPSA) is 54.0 Å². The highest BCUT2D eigenvalue weighted by Crippen LogP contribution is 2.34. The summed E-state index contributed by atoms with van der Waals surface area (Å²) in [4.78, 5) is 16.3. The molecule has 0 saturated carbocycles. The quantitative estimate of drug-likeness (QED) is 0.876. The normalized spacial score (nSPS) is 30.5. The van der Waals surface area contributed by atoms with E-state index in [1.54, 1.807) is 6.20 Å². The number of amides is 1. The lowest BCUT2D eigenvalue weighted by Gasteiger charge is -2.19. The van der Waals surface area contributed by atoms with Crippen LogP contribution in [0.1, 0.15) is 19.3 Å². The van der Waals surface area contributed by atoms with E-state index in [-0.39, 0.29) is 11.8 Å². The molecular weight excluding hydrogens is 282 g/mol. The summed E-state index contributed by atoms with van der Waals surface area (Å²) >= 11 is 3.38. The van der Waals surface area contributed by atoms with Gasteiger partial charge in [-0.3, -0.25) is 4.79 Å². The zero-order valence-electron chi connectivity index (χ0n) is 9.32. The van der Waals surface area contributed by atoms with Gasteiger partial charge in [0, 0.05) is 18.3 Å². The third-order valence-corrected chi connectivity index (χ3v) is 4.28. The fraction of sp³-hybridized carbons (Fsp3) is 0.500. The number of carbonyl (C=O) groups excluding carboxylic acids is 1. The number of hydrogen-bond acceptors (Lipinski definition) is 3. The molecule has 90 valence electrons. The highest BCUT2D eigenvalue weighted by atomic mass is 79.9. The molecule has 0 spiro atoms. The molecule has 5 heteroatoms. The van der Waals surface area contributed by atoms with Gasteiger partial charge >= 0.3 is 0 Å². The maximum Gasteiger partial charge on any atom is 0.230 e. The van der Waals surface area contributed by atoms with Crippen molar-refractivity contribution in [1.82, 2.24) is 10.3 Å². The van der Waals surface area contributed by atoms with E-state index in [0.717, 1.165) is 17.3 Å². The monoisotopic (exact) mass is 295 g/mol. The SMILES string of the molecule is O=C(Nc1ncccc1Br)C1CC2CCC1N2. The lowest BCUT2D eigenvalue weighted by atomic mass is 9.88. The van der Waals surface area contributed by atoms with E-state index in [9.17, 15) is 4.79 Å². The molecule has 2 aliphatic rings. The number of nitrogens with one attached hydrogen (secondary N) is 2. The van der Waals surface area contributed by atoms with Gasteiger partial charge in [-0.05, 0) is 47.3 Å². The van der Waals surface area contributed by atoms with Gasteiger partial charge in [-0.1, -0.05) is 0 Å². The van der Waals surface area contributed by atoms with E-state index in [1.165, 1.54) is 6.42 Å². The molecule has 2 bridgehead atoms. The molecule has 1 amide bonds. The van der Waals surface area contributed by atoms with Gasteiger partial charge in [0.2, 0.25) is 5.91 Å². The second-order valence-electron chi connectivity index (χ2n) is 4.71. The summed E-state index contributed by atoms with van der Waals surface area (Å²) in [5.41, 5.74) is 0. The van der Waals surface area contributed by atoms with Crippen LogP contribution in [0.2, 0.25) is 0 Å². The molecule has 2 aliphatic heterocycles. The van der Waals surface area contributed by atoms with Gasteiger partial charge in [0.15, 0.2) is 0 Å². The number of carbonyl (C=O) groups is 1. The van der Waals surface area contributed by atoms with Gasteiger partial charge in [-0.2, -0.15) is 0 Å². The van der Waals surface area contributed by atoms with Crippen LogP contribution in [0.5, 0.6) is 0 Å². The Labute approximate surface area is 108 Å². The Morgan fingerprint density at radius 1 is 1.53 bits per heavy atom. The molecule has 3 rings (SSSR count). The molecule has 3 heterocycles. The van der Waals surface area contributed by atoms with E-state index >= 15 is 0 Å². The molecule has 3 atom stereocenters. The number of fused-ring (bicyclic) bond motifs is 2. The number of anilines is 1. The fourth-order valence-corrected chi connectivity index (χ4v) is 3.16. The summed E-state index contributed by atoms with van der Waals surface area (Å²) in [7, 11) is 0. The van der Waals surface area contributed by atoms with E-state index in [0.29, 0.717) is 17.9 Å². The van der Waals surface area contributed by atoms with Gasteiger partial charge in [0.1, 0.15) is 5.82 Å². The van der Waals surface area contributed by atoms with Crippen molar-refractivity contribution in [3.8, 4) is 0 Å². The molecule has 1 aromatic rings. The van der Waals surface area contributed by atoms with Crippen LogP contribution in [-0.4, -0.2) is 23.0 Å². The summed E-state index contributed by atoms with van der Waals surface area (Å²) in [6, 6.07) is 4.62. The Balaban J connectivity index is 1.70. The van der Waals surface area contributed by atoms with Crippen molar-refractivity contribution in [2.24, 2.45) is 5.92 Å². The van der Waals surface area contributed by atoms with Crippen LogP contribution in [-0.2, 0) is 4.79 Å². The number of halogens is 1. The Morgan fingerprint density at radius 2 is 2.41 bits per heavy atom. The van der Waals surface area contributed by atoms with Crippen molar-refractivity contribution in [2.45, 2.75) is 31.3 Å². The van der Waals surface area contributed by atoms with Crippen molar-refractivity contribution >= 4 is 27.7 Å². The van der Waals surface area contributed by atoms with E-state index in [2.05, 4.69) is 31.5 Å². The minimum absolute atomic E-state index is 0.0871. The predicted molar refractivity (Wildman–Crippen MR) is 68.6 cm³/mol. The van der Waals surface area contributed by atoms with Crippen LogP contribution in [0.3, 0.4) is 0 Å². The molecule has 0 aliphatic carbocycles.